The van der Waals surface area contributed by atoms with Gasteiger partial charge in [0.05, 0.1) is 16.7 Å². The molecule has 8 heteroatoms. The molecule has 2 aromatic rings. The maximum atomic E-state index is 12.3. The zero-order chi connectivity index (χ0) is 14.8. The molecule has 0 atom stereocenters. The molecule has 2 N–H and O–H groups in total. The van der Waals surface area contributed by atoms with Gasteiger partial charge in [-0.15, -0.1) is 0 Å². The Morgan fingerprint density at radius 3 is 2.75 bits per heavy atom. The van der Waals surface area contributed by atoms with Crippen molar-refractivity contribution < 1.29 is 22.8 Å². The number of anilines is 1. The number of nitrogens with one attached hydrogen (secondary N) is 1. The zero-order valence-corrected chi connectivity index (χ0v) is 11.3. The van der Waals surface area contributed by atoms with E-state index in [0.717, 1.165) is 12.3 Å². The largest absolute Gasteiger partial charge is 0.478 e. The van der Waals surface area contributed by atoms with E-state index in [1.165, 1.54) is 18.3 Å². The summed E-state index contributed by atoms with van der Waals surface area (Å²) in [6, 6.07) is 4.00. The van der Waals surface area contributed by atoms with Gasteiger partial charge in [0.15, 0.2) is 0 Å². The predicted molar refractivity (Wildman–Crippen MR) is 70.1 cm³/mol. The van der Waals surface area contributed by atoms with E-state index in [9.17, 15) is 13.2 Å². The summed E-state index contributed by atoms with van der Waals surface area (Å²) in [6.45, 7) is 1.79. The van der Waals surface area contributed by atoms with Crippen molar-refractivity contribution in [1.29, 1.82) is 0 Å². The van der Waals surface area contributed by atoms with E-state index in [1.807, 2.05) is 0 Å². The minimum atomic E-state index is -3.90. The Hall–Kier alpha value is -2.35. The third-order valence-corrected chi connectivity index (χ3v) is 4.13. The molecule has 0 spiro atoms. The van der Waals surface area contributed by atoms with E-state index in [0.29, 0.717) is 12.0 Å². The maximum Gasteiger partial charge on any atom is 0.335 e. The van der Waals surface area contributed by atoms with Crippen LogP contribution in [0.5, 0.6) is 0 Å². The van der Waals surface area contributed by atoms with E-state index in [2.05, 4.69) is 14.4 Å². The Balaban J connectivity index is 2.48. The highest BCUT2D eigenvalue weighted by molar-refractivity contribution is 7.92. The molecule has 0 bridgehead atoms. The van der Waals surface area contributed by atoms with Crippen LogP contribution in [0.3, 0.4) is 0 Å². The molecule has 0 aliphatic rings. The normalized spacial score (nSPS) is 11.2. The van der Waals surface area contributed by atoms with Crippen molar-refractivity contribution in [3.63, 3.8) is 0 Å². The number of carbonyl (C=O) groups is 1. The third-order valence-electron chi connectivity index (χ3n) is 2.67. The van der Waals surface area contributed by atoms with Gasteiger partial charge in [0, 0.05) is 0 Å². The molecule has 0 saturated heterocycles. The number of aromatic carboxylic acids is 1. The van der Waals surface area contributed by atoms with Crippen LogP contribution < -0.4 is 4.72 Å². The van der Waals surface area contributed by atoms with Gasteiger partial charge in [0.25, 0.3) is 10.0 Å². The summed E-state index contributed by atoms with van der Waals surface area (Å²) in [7, 11) is -3.90. The predicted octanol–water partition coefficient (Wildman–Crippen LogP) is 1.74. The molecule has 20 heavy (non-hydrogen) atoms. The number of rotatable bonds is 5. The van der Waals surface area contributed by atoms with E-state index in [1.54, 1.807) is 6.92 Å². The first-order chi connectivity index (χ1) is 9.44. The van der Waals surface area contributed by atoms with Gasteiger partial charge < -0.3 is 9.63 Å². The fourth-order valence-corrected chi connectivity index (χ4v) is 3.06. The number of aryl methyl sites for hydroxylation is 1. The van der Waals surface area contributed by atoms with Crippen molar-refractivity contribution in [1.82, 2.24) is 5.16 Å². The van der Waals surface area contributed by atoms with Gasteiger partial charge in [-0.2, -0.15) is 0 Å². The standard InChI is InChI=1S/C12H12N2O5S/c1-2-8-3-4-9(12(15)16)5-11(8)20(17,18)14-10-6-13-19-7-10/h3-7,14H,2H2,1H3,(H,15,16). The Kier molecular flexibility index (Phi) is 3.75. The van der Waals surface area contributed by atoms with Crippen molar-refractivity contribution in [3.05, 3.63) is 41.8 Å². The third kappa shape index (κ3) is 2.80. The molecule has 0 amide bonds. The van der Waals surface area contributed by atoms with Crippen molar-refractivity contribution >= 4 is 21.7 Å². The van der Waals surface area contributed by atoms with Crippen molar-refractivity contribution in [2.75, 3.05) is 4.72 Å². The maximum absolute atomic E-state index is 12.3. The first-order valence-corrected chi connectivity index (χ1v) is 7.20. The molecule has 0 radical (unpaired) electrons. The molecule has 106 valence electrons. The van der Waals surface area contributed by atoms with Crippen LogP contribution in [0.4, 0.5) is 5.69 Å². The second-order valence-corrected chi connectivity index (χ2v) is 5.65. The second kappa shape index (κ2) is 5.33. The van der Waals surface area contributed by atoms with Crippen molar-refractivity contribution in [2.45, 2.75) is 18.2 Å². The van der Waals surface area contributed by atoms with Crippen LogP contribution >= 0.6 is 0 Å². The lowest BCUT2D eigenvalue weighted by Gasteiger charge is -2.10. The van der Waals surface area contributed by atoms with Crippen molar-refractivity contribution in [3.8, 4) is 0 Å². The molecule has 7 nitrogen and oxygen atoms in total. The van der Waals surface area contributed by atoms with Gasteiger partial charge >= 0.3 is 5.97 Å². The number of hydrogen-bond donors (Lipinski definition) is 2. The fourth-order valence-electron chi connectivity index (χ4n) is 1.70. The van der Waals surface area contributed by atoms with Crippen LogP contribution in [0.2, 0.25) is 0 Å². The Morgan fingerprint density at radius 1 is 1.45 bits per heavy atom. The topological polar surface area (TPSA) is 110 Å². The van der Waals surface area contributed by atoms with Crippen LogP contribution in [-0.4, -0.2) is 24.7 Å². The molecule has 0 saturated carbocycles. The number of benzene rings is 1. The Morgan fingerprint density at radius 2 is 2.20 bits per heavy atom. The second-order valence-electron chi connectivity index (χ2n) is 4.00. The fraction of sp³-hybridized carbons (Fsp3) is 0.167. The highest BCUT2D eigenvalue weighted by atomic mass is 32.2. The quantitative estimate of drug-likeness (QED) is 0.869. The first kappa shape index (κ1) is 14.1. The number of carboxylic acid groups (broad SMARTS) is 1. The van der Waals surface area contributed by atoms with Crippen LogP contribution in [-0.2, 0) is 16.4 Å². The first-order valence-electron chi connectivity index (χ1n) is 5.72. The Labute approximate surface area is 115 Å². The van der Waals surface area contributed by atoms with Gasteiger partial charge in [0.1, 0.15) is 12.0 Å². The highest BCUT2D eigenvalue weighted by Crippen LogP contribution is 2.21. The molecular weight excluding hydrogens is 284 g/mol. The summed E-state index contributed by atoms with van der Waals surface area (Å²) >= 11 is 0. The van der Waals surface area contributed by atoms with Crippen LogP contribution in [0.1, 0.15) is 22.8 Å². The van der Waals surface area contributed by atoms with E-state index < -0.39 is 16.0 Å². The molecular formula is C12H12N2O5S. The van der Waals surface area contributed by atoms with Crippen LogP contribution in [0.15, 0.2) is 40.1 Å². The van der Waals surface area contributed by atoms with Gasteiger partial charge in [-0.3, -0.25) is 4.72 Å². The summed E-state index contributed by atoms with van der Waals surface area (Å²) in [4.78, 5) is 10.9. The Bertz CT molecular complexity index is 722. The minimum absolute atomic E-state index is 0.0684. The lowest BCUT2D eigenvalue weighted by atomic mass is 10.1. The number of sulfonamides is 1. The lowest BCUT2D eigenvalue weighted by molar-refractivity contribution is 0.0696. The number of hydrogen-bond acceptors (Lipinski definition) is 5. The minimum Gasteiger partial charge on any atom is -0.478 e. The molecule has 2 rings (SSSR count). The summed E-state index contributed by atoms with van der Waals surface area (Å²) in [6.07, 6.45) is 2.81. The van der Waals surface area contributed by atoms with Crippen molar-refractivity contribution in [2.24, 2.45) is 0 Å². The van der Waals surface area contributed by atoms with Gasteiger partial charge in [-0.25, -0.2) is 13.2 Å². The smallest absolute Gasteiger partial charge is 0.335 e. The molecule has 0 unspecified atom stereocenters. The number of nitrogens with zero attached hydrogens (tertiary/aromatic N) is 1. The van der Waals surface area contributed by atoms with E-state index in [-0.39, 0.29) is 16.1 Å². The van der Waals surface area contributed by atoms with Crippen LogP contribution in [0.25, 0.3) is 0 Å². The molecule has 0 aliphatic heterocycles. The number of aromatic nitrogens is 1. The van der Waals surface area contributed by atoms with E-state index >= 15 is 0 Å². The number of carboxylic acids is 1. The van der Waals surface area contributed by atoms with E-state index in [4.69, 9.17) is 5.11 Å². The zero-order valence-electron chi connectivity index (χ0n) is 10.5. The summed E-state index contributed by atoms with van der Waals surface area (Å²) in [5.41, 5.74) is 0.611. The monoisotopic (exact) mass is 296 g/mol. The average molecular weight is 296 g/mol. The SMILES string of the molecule is CCc1ccc(C(=O)O)cc1S(=O)(=O)Nc1cnoc1. The van der Waals surface area contributed by atoms with Gasteiger partial charge in [0.2, 0.25) is 0 Å². The molecule has 0 aliphatic carbocycles. The molecule has 1 heterocycles. The molecule has 1 aromatic carbocycles. The summed E-state index contributed by atoms with van der Waals surface area (Å²) in [5, 5.41) is 12.3. The van der Waals surface area contributed by atoms with Gasteiger partial charge in [-0.1, -0.05) is 18.1 Å². The summed E-state index contributed by atoms with van der Waals surface area (Å²) in [5.74, 6) is -1.19. The lowest BCUT2D eigenvalue weighted by Crippen LogP contribution is -2.15. The highest BCUT2D eigenvalue weighted by Gasteiger charge is 2.20. The van der Waals surface area contributed by atoms with Crippen LogP contribution in [0, 0.1) is 0 Å². The average Bonchev–Trinajstić information content (AvgIpc) is 2.90. The molecule has 1 aromatic heterocycles. The van der Waals surface area contributed by atoms with Gasteiger partial charge in [-0.05, 0) is 24.1 Å². The molecule has 0 fully saturated rings. The summed E-state index contributed by atoms with van der Waals surface area (Å²) < 4.78 is 31.4.